The quantitative estimate of drug-likeness (QED) is 0.0732. The second-order valence-electron chi connectivity index (χ2n) is 21.3. The van der Waals surface area contributed by atoms with Crippen LogP contribution in [-0.2, 0) is 0 Å². The Morgan fingerprint density at radius 2 is 0.882 bits per heavy atom. The largest absolute Gasteiger partial charge is 0.497 e. The minimum Gasteiger partial charge on any atom is -0.497 e. The smallest absolute Gasteiger partial charge is 0.335 e. The van der Waals surface area contributed by atoms with E-state index in [2.05, 4.69) is 81.3 Å². The number of carboxylic acids is 1. The van der Waals surface area contributed by atoms with Gasteiger partial charge in [-0.3, -0.25) is 0 Å². The lowest BCUT2D eigenvalue weighted by molar-refractivity contribution is 0.0696. The molecule has 0 aliphatic carbocycles. The van der Waals surface area contributed by atoms with E-state index in [-0.39, 0.29) is 5.56 Å². The second-order valence-corrected chi connectivity index (χ2v) is 22.3. The number of carboxylic acid groups (broad SMARTS) is 1. The topological polar surface area (TPSA) is 185 Å². The molecule has 0 amide bonds. The Labute approximate surface area is 540 Å². The number of anilines is 3. The molecule has 6 heterocycles. The number of nitrogens with one attached hydrogen (secondary N) is 2. The first-order valence-corrected chi connectivity index (χ1v) is 30.2. The van der Waals surface area contributed by atoms with Crippen LogP contribution in [0.5, 0.6) is 46.0 Å². The average Bonchev–Trinajstić information content (AvgIpc) is 1.67. The van der Waals surface area contributed by atoms with Crippen LogP contribution in [0.15, 0.2) is 176 Å². The summed E-state index contributed by atoms with van der Waals surface area (Å²) < 4.78 is 47.7. The number of hydrogen-bond donors (Lipinski definition) is 3. The average molecular weight is 1250 g/mol. The molecule has 0 unspecified atom stereocenters. The summed E-state index contributed by atoms with van der Waals surface area (Å²) >= 11 is 1.40. The zero-order valence-corrected chi connectivity index (χ0v) is 52.7. The third kappa shape index (κ3) is 11.5. The summed E-state index contributed by atoms with van der Waals surface area (Å²) in [6, 6.07) is 54.4. The zero-order valence-electron chi connectivity index (χ0n) is 51.9. The highest BCUT2D eigenvalue weighted by molar-refractivity contribution is 7.15. The van der Waals surface area contributed by atoms with Gasteiger partial charge >= 0.3 is 5.97 Å². The maximum Gasteiger partial charge on any atom is 0.335 e. The summed E-state index contributed by atoms with van der Waals surface area (Å²) in [5, 5.41) is 10.3. The van der Waals surface area contributed by atoms with Gasteiger partial charge in [-0.1, -0.05) is 54.5 Å². The molecule has 2 aliphatic heterocycles. The minimum atomic E-state index is -1.00. The highest BCUT2D eigenvalue weighted by atomic mass is 32.1. The van der Waals surface area contributed by atoms with Crippen molar-refractivity contribution in [3.63, 3.8) is 0 Å². The van der Waals surface area contributed by atoms with Crippen molar-refractivity contribution in [1.82, 2.24) is 24.9 Å². The lowest BCUT2D eigenvalue weighted by atomic mass is 10.0. The fraction of sp³-hybridized carbons (Fsp3) is 0.105. The number of fused-ring (bicyclic) bond motifs is 8. The van der Waals surface area contributed by atoms with Crippen LogP contribution >= 0.6 is 11.3 Å². The number of methoxy groups -OCH3 is 8. The van der Waals surface area contributed by atoms with Crippen LogP contribution in [0.3, 0.4) is 0 Å². The number of thiazole rings is 1. The van der Waals surface area contributed by atoms with Crippen LogP contribution in [0.25, 0.3) is 101 Å². The maximum atomic E-state index is 11.7. The highest BCUT2D eigenvalue weighted by Crippen LogP contribution is 2.48. The van der Waals surface area contributed by atoms with E-state index < -0.39 is 5.97 Å². The Kier molecular flexibility index (Phi) is 16.7. The van der Waals surface area contributed by atoms with Crippen LogP contribution in [0.2, 0.25) is 0 Å². The molecule has 17 heteroatoms. The molecule has 0 atom stereocenters. The highest BCUT2D eigenvalue weighted by Gasteiger charge is 2.27. The summed E-state index contributed by atoms with van der Waals surface area (Å²) in [5.41, 5.74) is 15.3. The molecule has 13 rings (SSSR count). The van der Waals surface area contributed by atoms with Gasteiger partial charge in [0, 0.05) is 62.4 Å². The van der Waals surface area contributed by atoms with Crippen molar-refractivity contribution < 1.29 is 47.8 Å². The molecule has 0 saturated heterocycles. The van der Waals surface area contributed by atoms with E-state index >= 15 is 0 Å². The fourth-order valence-corrected chi connectivity index (χ4v) is 12.5. The molecular formula is C76H60N6O10S. The number of carbonyl (C=O) groups is 1. The van der Waals surface area contributed by atoms with Crippen LogP contribution in [0, 0.1) is 11.8 Å². The van der Waals surface area contributed by atoms with Gasteiger partial charge in [0.15, 0.2) is 0 Å². The first kappa shape index (κ1) is 59.9. The Morgan fingerprint density at radius 3 is 1.37 bits per heavy atom. The van der Waals surface area contributed by atoms with E-state index in [1.165, 1.54) is 11.3 Å². The predicted molar refractivity (Wildman–Crippen MR) is 368 cm³/mol. The molecule has 0 spiro atoms. The number of aromatic amines is 2. The van der Waals surface area contributed by atoms with Crippen molar-refractivity contribution in [2.75, 3.05) is 61.8 Å². The number of H-pyrrole nitrogens is 2. The van der Waals surface area contributed by atoms with Crippen LogP contribution in [-0.4, -0.2) is 92.9 Å². The molecule has 4 aromatic heterocycles. The van der Waals surface area contributed by atoms with Gasteiger partial charge in [0.25, 0.3) is 0 Å². The number of aromatic nitrogens is 5. The first-order valence-electron chi connectivity index (χ1n) is 29.4. The lowest BCUT2D eigenvalue weighted by Crippen LogP contribution is -2.12. The van der Waals surface area contributed by atoms with E-state index in [1.807, 2.05) is 115 Å². The molecule has 0 saturated carbocycles. The van der Waals surface area contributed by atoms with Crippen molar-refractivity contribution in [2.45, 2.75) is 0 Å². The SMILES string of the molecule is COc1ccc(-c2ccc(N(c3ccc(-c4ccc(OC)cc4OC)cc3)c3c4nc(c(-c5c(OC)cccc5OC)c5ccc([nH]5)c(C#Cc5cnc(-c6ccc(C(=O)O)cc6)s5)c5nc(c(-c6c(OC)cccc6OC)c6ccc3[nH]6)C=C5)C=C4)cc2)c(OC)c1. The standard InChI is InChI=1S/C76H60N6O10S/c1-85-50-27-30-53(68(41-50)91-7)44-19-23-48(24-20-44)82(49-25-21-45(22-26-49)54-31-28-51(86-2)42-69(54)92-8)74-62-39-37-60(80-62)70(72-64(87-3)11-9-12-65(72)88-4)58-35-33-56(78-58)55(32-29-52-43-77-75(93-52)46-15-17-47(18-16-46)76(83)84)57-34-36-59(79-57)71(61-38-40-63(74)81-61)73-66(89-5)13-10-14-67(73)90-6/h9-28,30-31,33-43,78,81H,1-8H3,(H,83,84). The molecule has 16 nitrogen and oxygen atoms in total. The molecule has 7 aromatic carbocycles. The molecule has 8 bridgehead atoms. The number of aromatic carboxylic acids is 1. The Morgan fingerprint density at radius 1 is 0.441 bits per heavy atom. The third-order valence-corrected chi connectivity index (χ3v) is 17.2. The van der Waals surface area contributed by atoms with Crippen LogP contribution in [0.1, 0.15) is 43.6 Å². The van der Waals surface area contributed by atoms with Gasteiger partial charge in [-0.25, -0.2) is 19.7 Å². The van der Waals surface area contributed by atoms with Gasteiger partial charge < -0.3 is 57.9 Å². The lowest BCUT2D eigenvalue weighted by Gasteiger charge is -2.27. The van der Waals surface area contributed by atoms with Crippen molar-refractivity contribution in [2.24, 2.45) is 0 Å². The monoisotopic (exact) mass is 1250 g/mol. The van der Waals surface area contributed by atoms with Gasteiger partial charge in [0.05, 0.1) is 130 Å². The Hall–Kier alpha value is -12.0. The predicted octanol–water partition coefficient (Wildman–Crippen LogP) is 17.1. The molecule has 93 heavy (non-hydrogen) atoms. The van der Waals surface area contributed by atoms with Gasteiger partial charge in [-0.05, 0) is 151 Å². The molecule has 0 radical (unpaired) electrons. The van der Waals surface area contributed by atoms with E-state index in [9.17, 15) is 9.90 Å². The normalized spacial score (nSPS) is 11.4. The number of hydrogen-bond acceptors (Lipinski definition) is 14. The molecule has 0 fully saturated rings. The molecule has 3 N–H and O–H groups in total. The Balaban J connectivity index is 1.12. The number of nitrogens with zero attached hydrogens (tertiary/aromatic N) is 4. The summed E-state index contributed by atoms with van der Waals surface area (Å²) in [6.45, 7) is 0. The fourth-order valence-electron chi connectivity index (χ4n) is 11.7. The summed E-state index contributed by atoms with van der Waals surface area (Å²) in [5.74, 6) is 10.8. The van der Waals surface area contributed by atoms with Gasteiger partial charge in [-0.15, -0.1) is 11.3 Å². The first-order chi connectivity index (χ1) is 45.5. The number of ether oxygens (including phenoxy) is 8. The van der Waals surface area contributed by atoms with E-state index in [1.54, 1.807) is 87.3 Å². The van der Waals surface area contributed by atoms with E-state index in [4.69, 9.17) is 52.8 Å². The van der Waals surface area contributed by atoms with Crippen molar-refractivity contribution in [3.05, 3.63) is 215 Å². The summed E-state index contributed by atoms with van der Waals surface area (Å²) in [6.07, 6.45) is 9.69. The second kappa shape index (κ2) is 25.8. The molecule has 2 aliphatic rings. The van der Waals surface area contributed by atoms with Crippen LogP contribution in [0.4, 0.5) is 17.1 Å². The minimum absolute atomic E-state index is 0.185. The van der Waals surface area contributed by atoms with Crippen molar-refractivity contribution >= 4 is 80.7 Å². The van der Waals surface area contributed by atoms with Gasteiger partial charge in [0.1, 0.15) is 51.0 Å². The number of rotatable bonds is 17. The maximum absolute atomic E-state index is 11.7. The van der Waals surface area contributed by atoms with E-state index in [0.29, 0.717) is 134 Å². The Bertz CT molecular complexity index is 4820. The van der Waals surface area contributed by atoms with Gasteiger partial charge in [-0.2, -0.15) is 0 Å². The summed E-state index contributed by atoms with van der Waals surface area (Å²) in [4.78, 5) is 38.1. The van der Waals surface area contributed by atoms with Gasteiger partial charge in [0.2, 0.25) is 0 Å². The van der Waals surface area contributed by atoms with Crippen molar-refractivity contribution in [1.29, 1.82) is 0 Å². The zero-order chi connectivity index (χ0) is 64.3. The summed E-state index contributed by atoms with van der Waals surface area (Å²) in [7, 11) is 13.1. The van der Waals surface area contributed by atoms with E-state index in [0.717, 1.165) is 39.2 Å². The molecule has 460 valence electrons. The molecule has 11 aromatic rings. The molecular weight excluding hydrogens is 1190 g/mol. The third-order valence-electron chi connectivity index (χ3n) is 16.2. The number of benzene rings is 7. The van der Waals surface area contributed by atoms with Crippen LogP contribution < -0.4 is 42.8 Å². The van der Waals surface area contributed by atoms with Crippen molar-refractivity contribution in [3.8, 4) is 113 Å².